The fourth-order valence-electron chi connectivity index (χ4n) is 2.25. The molecule has 1 aromatic heterocycles. The highest BCUT2D eigenvalue weighted by Crippen LogP contribution is 2.19. The summed E-state index contributed by atoms with van der Waals surface area (Å²) in [5.74, 6) is 0.230. The molecule has 128 valence electrons. The van der Waals surface area contributed by atoms with Crippen molar-refractivity contribution in [2.45, 2.75) is 6.54 Å². The van der Waals surface area contributed by atoms with E-state index in [4.69, 9.17) is 0 Å². The van der Waals surface area contributed by atoms with E-state index in [0.29, 0.717) is 11.5 Å². The van der Waals surface area contributed by atoms with Gasteiger partial charge in [-0.05, 0) is 41.6 Å². The number of phenolic OH excluding ortho intramolecular Hbond substituents is 1. The first-order chi connectivity index (χ1) is 12.0. The Bertz CT molecular complexity index is 873. The largest absolute Gasteiger partial charge is 0.508 e. The number of aromatic nitrogens is 4. The third-order valence-electron chi connectivity index (χ3n) is 3.51. The molecule has 0 atom stereocenters. The Balaban J connectivity index is 1.66. The molecular weight excluding hydrogens is 320 g/mol. The second-order valence-electron chi connectivity index (χ2n) is 5.68. The average Bonchev–Trinajstić information content (AvgIpc) is 3.03. The average molecular weight is 338 g/mol. The van der Waals surface area contributed by atoms with Crippen molar-refractivity contribution in [1.29, 1.82) is 0 Å². The molecule has 8 heteroatoms. The van der Waals surface area contributed by atoms with Gasteiger partial charge in [0.25, 0.3) is 0 Å². The van der Waals surface area contributed by atoms with Crippen LogP contribution in [0.25, 0.3) is 11.4 Å². The van der Waals surface area contributed by atoms with Gasteiger partial charge in [-0.2, -0.15) is 4.80 Å². The molecule has 2 aromatic carbocycles. The van der Waals surface area contributed by atoms with Crippen LogP contribution < -0.4 is 10.2 Å². The Hall–Kier alpha value is -3.42. The Morgan fingerprint density at radius 3 is 2.64 bits per heavy atom. The first-order valence-electron chi connectivity index (χ1n) is 7.66. The summed E-state index contributed by atoms with van der Waals surface area (Å²) in [5, 5.41) is 24.2. The molecule has 0 aliphatic carbocycles. The lowest BCUT2D eigenvalue weighted by Crippen LogP contribution is -2.20. The van der Waals surface area contributed by atoms with Gasteiger partial charge < -0.3 is 15.3 Å². The lowest BCUT2D eigenvalue weighted by molar-refractivity contribution is -0.117. The first kappa shape index (κ1) is 16.4. The fourth-order valence-corrected chi connectivity index (χ4v) is 2.25. The van der Waals surface area contributed by atoms with Crippen molar-refractivity contribution in [1.82, 2.24) is 20.2 Å². The molecule has 2 N–H and O–H groups in total. The van der Waals surface area contributed by atoms with Crippen molar-refractivity contribution in [2.24, 2.45) is 0 Å². The maximum atomic E-state index is 12.0. The van der Waals surface area contributed by atoms with Gasteiger partial charge in [0, 0.05) is 37.1 Å². The Morgan fingerprint density at radius 1 is 1.20 bits per heavy atom. The van der Waals surface area contributed by atoms with E-state index in [1.54, 1.807) is 12.1 Å². The minimum absolute atomic E-state index is 0.0710. The SMILES string of the molecule is CN(C)c1ccc(-c2nnn(CC(=O)Nc3cccc(O)c3)n2)cc1. The van der Waals surface area contributed by atoms with Crippen LogP contribution in [0, 0.1) is 0 Å². The second-order valence-corrected chi connectivity index (χ2v) is 5.68. The standard InChI is InChI=1S/C17H18N6O2/c1-22(2)14-8-6-12(7-9-14)17-19-21-23(20-17)11-16(25)18-13-4-3-5-15(24)10-13/h3-10,24H,11H2,1-2H3,(H,18,25). The molecule has 0 radical (unpaired) electrons. The number of benzene rings is 2. The molecule has 3 aromatic rings. The van der Waals surface area contributed by atoms with Crippen LogP contribution in [0.3, 0.4) is 0 Å². The first-order valence-corrected chi connectivity index (χ1v) is 7.66. The van der Waals surface area contributed by atoms with Gasteiger partial charge >= 0.3 is 0 Å². The molecule has 0 saturated heterocycles. The summed E-state index contributed by atoms with van der Waals surface area (Å²) in [5.41, 5.74) is 2.40. The van der Waals surface area contributed by atoms with E-state index in [1.807, 2.05) is 43.3 Å². The molecule has 0 saturated carbocycles. The second kappa shape index (κ2) is 7.00. The van der Waals surface area contributed by atoms with E-state index in [9.17, 15) is 9.90 Å². The number of rotatable bonds is 5. The molecule has 0 bridgehead atoms. The van der Waals surface area contributed by atoms with Crippen LogP contribution >= 0.6 is 0 Å². The molecule has 1 amide bonds. The van der Waals surface area contributed by atoms with E-state index in [1.165, 1.54) is 16.9 Å². The lowest BCUT2D eigenvalue weighted by Gasteiger charge is -2.11. The number of carbonyl (C=O) groups is 1. The van der Waals surface area contributed by atoms with Crippen LogP contribution in [0.5, 0.6) is 5.75 Å². The summed E-state index contributed by atoms with van der Waals surface area (Å²) in [4.78, 5) is 15.3. The maximum Gasteiger partial charge on any atom is 0.248 e. The Labute approximate surface area is 144 Å². The van der Waals surface area contributed by atoms with Crippen molar-refractivity contribution in [3.63, 3.8) is 0 Å². The molecule has 0 aliphatic heterocycles. The normalized spacial score (nSPS) is 10.5. The van der Waals surface area contributed by atoms with Gasteiger partial charge in [0.05, 0.1) is 0 Å². The van der Waals surface area contributed by atoms with Crippen molar-refractivity contribution in [2.75, 3.05) is 24.3 Å². The van der Waals surface area contributed by atoms with E-state index in [-0.39, 0.29) is 18.2 Å². The minimum Gasteiger partial charge on any atom is -0.508 e. The molecule has 0 aliphatic rings. The third kappa shape index (κ3) is 4.11. The third-order valence-corrected chi connectivity index (χ3v) is 3.51. The summed E-state index contributed by atoms with van der Waals surface area (Å²) < 4.78 is 0. The van der Waals surface area contributed by atoms with Gasteiger partial charge in [-0.25, -0.2) is 0 Å². The molecule has 1 heterocycles. The predicted octanol–water partition coefficient (Wildman–Crippen LogP) is 1.75. The zero-order valence-corrected chi connectivity index (χ0v) is 13.9. The van der Waals surface area contributed by atoms with Crippen LogP contribution in [0.15, 0.2) is 48.5 Å². The van der Waals surface area contributed by atoms with Crippen LogP contribution in [0.1, 0.15) is 0 Å². The van der Waals surface area contributed by atoms with Crippen LogP contribution in [0.4, 0.5) is 11.4 Å². The molecule has 0 spiro atoms. The van der Waals surface area contributed by atoms with Crippen molar-refractivity contribution < 1.29 is 9.90 Å². The quantitative estimate of drug-likeness (QED) is 0.736. The highest BCUT2D eigenvalue weighted by molar-refractivity contribution is 5.90. The summed E-state index contributed by atoms with van der Waals surface area (Å²) in [6, 6.07) is 14.1. The van der Waals surface area contributed by atoms with Crippen LogP contribution in [-0.4, -0.2) is 45.3 Å². The number of nitrogens with one attached hydrogen (secondary N) is 1. The van der Waals surface area contributed by atoms with Crippen molar-refractivity contribution in [3.05, 3.63) is 48.5 Å². The number of hydrogen-bond acceptors (Lipinski definition) is 6. The van der Waals surface area contributed by atoms with Crippen LogP contribution in [-0.2, 0) is 11.3 Å². The van der Waals surface area contributed by atoms with Gasteiger partial charge in [0.2, 0.25) is 11.7 Å². The number of aromatic hydroxyl groups is 1. The van der Waals surface area contributed by atoms with E-state index in [0.717, 1.165) is 11.3 Å². The maximum absolute atomic E-state index is 12.0. The molecule has 0 unspecified atom stereocenters. The number of phenols is 1. The monoisotopic (exact) mass is 338 g/mol. The predicted molar refractivity (Wildman–Crippen MR) is 94.3 cm³/mol. The van der Waals surface area contributed by atoms with Gasteiger partial charge in [-0.1, -0.05) is 6.07 Å². The van der Waals surface area contributed by atoms with Gasteiger partial charge in [0.15, 0.2) is 0 Å². The summed E-state index contributed by atoms with van der Waals surface area (Å²) in [7, 11) is 3.93. The number of anilines is 2. The van der Waals surface area contributed by atoms with E-state index in [2.05, 4.69) is 20.7 Å². The van der Waals surface area contributed by atoms with Gasteiger partial charge in [0.1, 0.15) is 12.3 Å². The number of nitrogens with zero attached hydrogens (tertiary/aromatic N) is 5. The van der Waals surface area contributed by atoms with Crippen molar-refractivity contribution in [3.8, 4) is 17.1 Å². The number of carbonyl (C=O) groups excluding carboxylic acids is 1. The number of tetrazole rings is 1. The molecule has 25 heavy (non-hydrogen) atoms. The topological polar surface area (TPSA) is 96.2 Å². The van der Waals surface area contributed by atoms with Crippen LogP contribution in [0.2, 0.25) is 0 Å². The zero-order valence-electron chi connectivity index (χ0n) is 13.9. The highest BCUT2D eigenvalue weighted by Gasteiger charge is 2.10. The Kier molecular flexibility index (Phi) is 4.60. The summed E-state index contributed by atoms with van der Waals surface area (Å²) in [6.45, 7) is -0.0710. The van der Waals surface area contributed by atoms with Crippen molar-refractivity contribution >= 4 is 17.3 Å². The van der Waals surface area contributed by atoms with Gasteiger partial charge in [-0.3, -0.25) is 4.79 Å². The number of hydrogen-bond donors (Lipinski definition) is 2. The Morgan fingerprint density at radius 2 is 1.96 bits per heavy atom. The molecule has 3 rings (SSSR count). The highest BCUT2D eigenvalue weighted by atomic mass is 16.3. The van der Waals surface area contributed by atoms with E-state index < -0.39 is 0 Å². The minimum atomic E-state index is -0.308. The smallest absolute Gasteiger partial charge is 0.248 e. The van der Waals surface area contributed by atoms with Gasteiger partial charge in [-0.15, -0.1) is 10.2 Å². The lowest BCUT2D eigenvalue weighted by atomic mass is 10.2. The molecule has 8 nitrogen and oxygen atoms in total. The summed E-state index contributed by atoms with van der Waals surface area (Å²) in [6.07, 6.45) is 0. The number of amides is 1. The molecule has 0 fully saturated rings. The summed E-state index contributed by atoms with van der Waals surface area (Å²) >= 11 is 0. The molecular formula is C17H18N6O2. The fraction of sp³-hybridized carbons (Fsp3) is 0.176. The zero-order chi connectivity index (χ0) is 17.8. The van der Waals surface area contributed by atoms with E-state index >= 15 is 0 Å².